The number of hydrogen-bond acceptors (Lipinski definition) is 6. The van der Waals surface area contributed by atoms with E-state index in [-0.39, 0.29) is 12.6 Å². The van der Waals surface area contributed by atoms with E-state index in [2.05, 4.69) is 21.4 Å². The molecule has 0 saturated heterocycles. The third-order valence-corrected chi connectivity index (χ3v) is 4.73. The van der Waals surface area contributed by atoms with Gasteiger partial charge in [0.1, 0.15) is 12.5 Å². The quantitative estimate of drug-likeness (QED) is 0.746. The van der Waals surface area contributed by atoms with Gasteiger partial charge in [0.05, 0.1) is 19.4 Å². The van der Waals surface area contributed by atoms with E-state index in [1.54, 1.807) is 11.6 Å². The van der Waals surface area contributed by atoms with Crippen LogP contribution < -0.4 is 10.2 Å². The predicted molar refractivity (Wildman–Crippen MR) is 105 cm³/mol. The highest BCUT2D eigenvalue weighted by Gasteiger charge is 2.15. The normalized spacial score (nSPS) is 15.3. The minimum atomic E-state index is -0.0582. The Morgan fingerprint density at radius 3 is 3.14 bits per heavy atom. The zero-order valence-corrected chi connectivity index (χ0v) is 15.8. The van der Waals surface area contributed by atoms with Gasteiger partial charge in [0.15, 0.2) is 5.65 Å². The van der Waals surface area contributed by atoms with Crippen molar-refractivity contribution >= 4 is 17.4 Å². The first-order valence-electron chi connectivity index (χ1n) is 9.26. The number of nitrogens with one attached hydrogen (secondary N) is 1. The number of amides is 1. The Bertz CT molecular complexity index is 971. The number of methoxy groups -OCH3 is 1. The third kappa shape index (κ3) is 3.97. The molecular formula is C20H23N5O3. The van der Waals surface area contributed by atoms with Crippen molar-refractivity contribution in [2.24, 2.45) is 0 Å². The summed E-state index contributed by atoms with van der Waals surface area (Å²) in [4.78, 5) is 19.1. The lowest BCUT2D eigenvalue weighted by atomic mass is 10.1. The average Bonchev–Trinajstić information content (AvgIpc) is 3.14. The molecule has 146 valence electrons. The number of rotatable bonds is 3. The molecule has 0 radical (unpaired) electrons. The maximum absolute atomic E-state index is 12.2. The van der Waals surface area contributed by atoms with E-state index in [9.17, 15) is 4.79 Å². The van der Waals surface area contributed by atoms with Crippen LogP contribution in [0.2, 0.25) is 0 Å². The lowest BCUT2D eigenvalue weighted by Crippen LogP contribution is -2.34. The molecule has 1 aliphatic rings. The zero-order chi connectivity index (χ0) is 19.3. The van der Waals surface area contributed by atoms with E-state index in [1.807, 2.05) is 36.7 Å². The molecule has 1 aromatic carbocycles. The first-order chi connectivity index (χ1) is 13.7. The fourth-order valence-electron chi connectivity index (χ4n) is 3.24. The standard InChI is InChI=1S/C20H23N5O3/c1-27-10-9-24-7-6-19(26)21-14-28-13-15-3-2-4-16(11-15)17-12-22-25-8-5-18(24)23-20(17)25/h2-5,8,11-12H,6-7,9-10,13-14H2,1H3,(H,21,26). The molecule has 3 aromatic rings. The van der Waals surface area contributed by atoms with Crippen LogP contribution in [0.25, 0.3) is 16.8 Å². The van der Waals surface area contributed by atoms with E-state index < -0.39 is 0 Å². The number of carbonyl (C=O) groups is 1. The van der Waals surface area contributed by atoms with Gasteiger partial charge >= 0.3 is 0 Å². The fraction of sp³-hybridized carbons (Fsp3) is 0.350. The van der Waals surface area contributed by atoms with Crippen molar-refractivity contribution in [1.82, 2.24) is 19.9 Å². The molecule has 0 atom stereocenters. The molecule has 1 aliphatic heterocycles. The SMILES string of the molecule is COCCN1CCC(=O)NCOCc2cccc(c2)-c2cnn3ccc1nc23. The van der Waals surface area contributed by atoms with Crippen molar-refractivity contribution in [3.05, 3.63) is 48.3 Å². The molecule has 4 rings (SSSR count). The molecule has 3 heterocycles. The average molecular weight is 381 g/mol. The zero-order valence-electron chi connectivity index (χ0n) is 15.8. The van der Waals surface area contributed by atoms with Gasteiger partial charge in [-0.25, -0.2) is 9.50 Å². The molecular weight excluding hydrogens is 358 g/mol. The molecule has 4 bridgehead atoms. The van der Waals surface area contributed by atoms with Crippen LogP contribution in [0.1, 0.15) is 12.0 Å². The number of anilines is 1. The minimum Gasteiger partial charge on any atom is -0.383 e. The van der Waals surface area contributed by atoms with Crippen molar-refractivity contribution < 1.29 is 14.3 Å². The number of carbonyl (C=O) groups excluding carboxylic acids is 1. The predicted octanol–water partition coefficient (Wildman–Crippen LogP) is 1.84. The first-order valence-corrected chi connectivity index (χ1v) is 9.26. The molecule has 0 aliphatic carbocycles. The van der Waals surface area contributed by atoms with Crippen LogP contribution in [0, 0.1) is 0 Å². The van der Waals surface area contributed by atoms with E-state index in [4.69, 9.17) is 14.5 Å². The van der Waals surface area contributed by atoms with Crippen LogP contribution >= 0.6 is 0 Å². The summed E-state index contributed by atoms with van der Waals surface area (Å²) < 4.78 is 12.6. The smallest absolute Gasteiger partial charge is 0.223 e. The number of fused-ring (bicyclic) bond motifs is 4. The molecule has 8 nitrogen and oxygen atoms in total. The van der Waals surface area contributed by atoms with Crippen LogP contribution in [0.5, 0.6) is 0 Å². The lowest BCUT2D eigenvalue weighted by molar-refractivity contribution is -0.122. The maximum atomic E-state index is 12.2. The Hall–Kier alpha value is -2.97. The summed E-state index contributed by atoms with van der Waals surface area (Å²) in [5.41, 5.74) is 3.79. The number of aromatic nitrogens is 3. The van der Waals surface area contributed by atoms with Crippen LogP contribution in [0.3, 0.4) is 0 Å². The monoisotopic (exact) mass is 381 g/mol. The van der Waals surface area contributed by atoms with Crippen molar-refractivity contribution in [1.29, 1.82) is 0 Å². The highest BCUT2D eigenvalue weighted by atomic mass is 16.5. The Labute approximate surface area is 163 Å². The molecule has 0 unspecified atom stereocenters. The molecule has 28 heavy (non-hydrogen) atoms. The topological polar surface area (TPSA) is 81.0 Å². The molecule has 0 saturated carbocycles. The second kappa shape index (κ2) is 8.37. The number of benzene rings is 1. The first kappa shape index (κ1) is 18.4. The molecule has 8 heteroatoms. The van der Waals surface area contributed by atoms with Gasteiger partial charge in [0.2, 0.25) is 5.91 Å². The molecule has 2 aromatic heterocycles. The Kier molecular flexibility index (Phi) is 5.50. The van der Waals surface area contributed by atoms with Crippen molar-refractivity contribution in [3.8, 4) is 11.1 Å². The highest BCUT2D eigenvalue weighted by Crippen LogP contribution is 2.26. The Balaban J connectivity index is 1.78. The number of nitrogens with zero attached hydrogens (tertiary/aromatic N) is 4. The molecule has 1 N–H and O–H groups in total. The van der Waals surface area contributed by atoms with Gasteiger partial charge in [-0.2, -0.15) is 5.10 Å². The summed E-state index contributed by atoms with van der Waals surface area (Å²) in [5, 5.41) is 7.24. The van der Waals surface area contributed by atoms with Gasteiger partial charge in [-0.1, -0.05) is 18.2 Å². The van der Waals surface area contributed by atoms with E-state index >= 15 is 0 Å². The van der Waals surface area contributed by atoms with Crippen molar-refractivity contribution in [3.63, 3.8) is 0 Å². The summed E-state index contributed by atoms with van der Waals surface area (Å²) in [5.74, 6) is 0.735. The van der Waals surface area contributed by atoms with Gasteiger partial charge in [-0.05, 0) is 23.3 Å². The second-order valence-electron chi connectivity index (χ2n) is 6.64. The van der Waals surface area contributed by atoms with Crippen molar-refractivity contribution in [2.75, 3.05) is 38.4 Å². The van der Waals surface area contributed by atoms with Gasteiger partial charge in [-0.3, -0.25) is 4.79 Å². The van der Waals surface area contributed by atoms with E-state index in [0.29, 0.717) is 32.7 Å². The summed E-state index contributed by atoms with van der Waals surface area (Å²) in [6.07, 6.45) is 4.07. The molecule has 0 spiro atoms. The Morgan fingerprint density at radius 1 is 1.32 bits per heavy atom. The van der Waals surface area contributed by atoms with Gasteiger partial charge in [0.25, 0.3) is 0 Å². The largest absolute Gasteiger partial charge is 0.383 e. The molecule has 0 fully saturated rings. The van der Waals surface area contributed by atoms with Gasteiger partial charge in [-0.15, -0.1) is 0 Å². The van der Waals surface area contributed by atoms with E-state index in [1.165, 1.54) is 0 Å². The summed E-state index contributed by atoms with van der Waals surface area (Å²) in [6, 6.07) is 10.0. The second-order valence-corrected chi connectivity index (χ2v) is 6.64. The fourth-order valence-corrected chi connectivity index (χ4v) is 3.24. The van der Waals surface area contributed by atoms with Crippen LogP contribution in [-0.2, 0) is 20.9 Å². The van der Waals surface area contributed by atoms with Gasteiger partial charge in [0, 0.05) is 38.4 Å². The highest BCUT2D eigenvalue weighted by molar-refractivity contribution is 5.78. The van der Waals surface area contributed by atoms with Gasteiger partial charge < -0.3 is 19.7 Å². The lowest BCUT2D eigenvalue weighted by Gasteiger charge is -2.23. The molecule has 1 amide bonds. The van der Waals surface area contributed by atoms with Crippen molar-refractivity contribution in [2.45, 2.75) is 13.0 Å². The maximum Gasteiger partial charge on any atom is 0.223 e. The third-order valence-electron chi connectivity index (χ3n) is 4.73. The van der Waals surface area contributed by atoms with Crippen LogP contribution in [-0.4, -0.2) is 54.0 Å². The summed E-state index contributed by atoms with van der Waals surface area (Å²) in [7, 11) is 1.66. The van der Waals surface area contributed by atoms with Crippen LogP contribution in [0.4, 0.5) is 5.82 Å². The minimum absolute atomic E-state index is 0.0582. The van der Waals surface area contributed by atoms with E-state index in [0.717, 1.165) is 28.2 Å². The summed E-state index contributed by atoms with van der Waals surface area (Å²) in [6.45, 7) is 2.33. The Morgan fingerprint density at radius 2 is 2.25 bits per heavy atom. The number of ether oxygens (including phenoxy) is 2. The summed E-state index contributed by atoms with van der Waals surface area (Å²) >= 11 is 0. The number of hydrogen-bond donors (Lipinski definition) is 1. The van der Waals surface area contributed by atoms with Crippen LogP contribution in [0.15, 0.2) is 42.7 Å².